The molecule has 0 saturated carbocycles. The van der Waals surface area contributed by atoms with Gasteiger partial charge < -0.3 is 24.6 Å². The maximum absolute atomic E-state index is 12.7. The number of amides is 1. The molecule has 1 aromatic rings. The summed E-state index contributed by atoms with van der Waals surface area (Å²) in [5, 5.41) is 11.5. The number of aliphatic carboxylic acids is 1. The Kier molecular flexibility index (Phi) is 7.54. The van der Waals surface area contributed by atoms with Gasteiger partial charge in [-0.15, -0.1) is 0 Å². The first-order valence-electron chi connectivity index (χ1n) is 8.08. The minimum atomic E-state index is -0.824. The zero-order valence-electron chi connectivity index (χ0n) is 15.5. The highest BCUT2D eigenvalue weighted by Gasteiger charge is 2.29. The molecule has 1 rings (SSSR count). The van der Waals surface area contributed by atoms with Crippen LogP contribution in [-0.4, -0.2) is 38.3 Å². The molecule has 0 aliphatic carbocycles. The van der Waals surface area contributed by atoms with Crippen molar-refractivity contribution in [3.8, 4) is 17.2 Å². The smallest absolute Gasteiger partial charge is 0.303 e. The number of methoxy groups -OCH3 is 3. The molecule has 0 bridgehead atoms. The molecule has 0 aromatic heterocycles. The van der Waals surface area contributed by atoms with Crippen LogP contribution < -0.4 is 19.5 Å². The molecule has 25 heavy (non-hydrogen) atoms. The van der Waals surface area contributed by atoms with Crippen LogP contribution in [0.15, 0.2) is 12.1 Å². The van der Waals surface area contributed by atoms with Crippen LogP contribution in [-0.2, 0) is 9.59 Å². The Morgan fingerprint density at radius 2 is 1.60 bits per heavy atom. The summed E-state index contributed by atoms with van der Waals surface area (Å²) in [5.41, 5.74) is -0.219. The fourth-order valence-corrected chi connectivity index (χ4v) is 2.37. The lowest BCUT2D eigenvalue weighted by molar-refractivity contribution is -0.137. The van der Waals surface area contributed by atoms with Crippen molar-refractivity contribution in [3.05, 3.63) is 12.1 Å². The summed E-state index contributed by atoms with van der Waals surface area (Å²) in [4.78, 5) is 23.3. The summed E-state index contributed by atoms with van der Waals surface area (Å²) in [5.74, 6) is 0.414. The number of anilines is 1. The number of ether oxygens (including phenoxy) is 3. The third kappa shape index (κ3) is 5.85. The van der Waals surface area contributed by atoms with Gasteiger partial charge in [0.15, 0.2) is 0 Å². The molecule has 2 N–H and O–H groups in total. The number of hydrogen-bond acceptors (Lipinski definition) is 5. The lowest BCUT2D eigenvalue weighted by atomic mass is 9.85. The predicted molar refractivity (Wildman–Crippen MR) is 94.6 cm³/mol. The molecule has 7 heteroatoms. The number of benzene rings is 1. The topological polar surface area (TPSA) is 94.1 Å². The molecule has 0 aliphatic heterocycles. The van der Waals surface area contributed by atoms with Crippen molar-refractivity contribution in [2.75, 3.05) is 26.6 Å². The summed E-state index contributed by atoms with van der Waals surface area (Å²) in [6.07, 6.45) is 1.88. The van der Waals surface area contributed by atoms with E-state index in [-0.39, 0.29) is 12.3 Å². The number of carboxylic acids is 1. The zero-order valence-corrected chi connectivity index (χ0v) is 15.5. The van der Waals surface area contributed by atoms with Crippen LogP contribution in [0.5, 0.6) is 17.2 Å². The van der Waals surface area contributed by atoms with Crippen molar-refractivity contribution >= 4 is 17.6 Å². The van der Waals surface area contributed by atoms with Crippen LogP contribution in [0.1, 0.15) is 39.5 Å². The van der Waals surface area contributed by atoms with Gasteiger partial charge in [-0.2, -0.15) is 0 Å². The maximum atomic E-state index is 12.7. The van der Waals surface area contributed by atoms with Crippen molar-refractivity contribution < 1.29 is 28.9 Å². The van der Waals surface area contributed by atoms with Crippen LogP contribution in [0.2, 0.25) is 0 Å². The van der Waals surface area contributed by atoms with Crippen LogP contribution in [0, 0.1) is 5.41 Å². The van der Waals surface area contributed by atoms with Gasteiger partial charge in [-0.25, -0.2) is 0 Å². The van der Waals surface area contributed by atoms with Crippen LogP contribution >= 0.6 is 0 Å². The third-order valence-corrected chi connectivity index (χ3v) is 4.01. The van der Waals surface area contributed by atoms with Crippen molar-refractivity contribution in [1.82, 2.24) is 0 Å². The Hall–Kier alpha value is -2.44. The summed E-state index contributed by atoms with van der Waals surface area (Å²) < 4.78 is 15.8. The quantitative estimate of drug-likeness (QED) is 0.627. The second-order valence-corrected chi connectivity index (χ2v) is 6.35. The Bertz CT molecular complexity index is 587. The first-order valence-corrected chi connectivity index (χ1v) is 8.08. The van der Waals surface area contributed by atoms with Crippen LogP contribution in [0.4, 0.5) is 5.69 Å². The minimum absolute atomic E-state index is 0.109. The fourth-order valence-electron chi connectivity index (χ4n) is 2.37. The van der Waals surface area contributed by atoms with Gasteiger partial charge in [0.2, 0.25) is 5.91 Å². The molecule has 0 radical (unpaired) electrons. The van der Waals surface area contributed by atoms with Crippen LogP contribution in [0.3, 0.4) is 0 Å². The van der Waals surface area contributed by atoms with Gasteiger partial charge in [-0.05, 0) is 12.8 Å². The number of hydrogen-bond donors (Lipinski definition) is 2. The van der Waals surface area contributed by atoms with Gasteiger partial charge in [0, 0.05) is 24.0 Å². The first kappa shape index (κ1) is 20.6. The Morgan fingerprint density at radius 3 is 2.04 bits per heavy atom. The normalized spacial score (nSPS) is 10.9. The van der Waals surface area contributed by atoms with Crippen molar-refractivity contribution in [3.63, 3.8) is 0 Å². The highest BCUT2D eigenvalue weighted by Crippen LogP contribution is 2.40. The fraction of sp³-hybridized carbons (Fsp3) is 0.556. The molecule has 0 aliphatic rings. The third-order valence-electron chi connectivity index (χ3n) is 4.01. The van der Waals surface area contributed by atoms with Crippen molar-refractivity contribution in [2.24, 2.45) is 5.41 Å². The van der Waals surface area contributed by atoms with E-state index in [0.29, 0.717) is 42.2 Å². The molecule has 1 aromatic carbocycles. The molecule has 0 unspecified atom stereocenters. The standard InChI is InChI=1S/C18H27NO6/c1-18(2,9-7-6-8-15(20)21)17(22)19-16-13(24-4)10-12(23-3)11-14(16)25-5/h10-11H,6-9H2,1-5H3,(H,19,22)(H,20,21). The number of rotatable bonds is 10. The van der Waals surface area contributed by atoms with E-state index in [4.69, 9.17) is 19.3 Å². The van der Waals surface area contributed by atoms with E-state index in [1.807, 2.05) is 13.8 Å². The molecule has 0 heterocycles. The lowest BCUT2D eigenvalue weighted by Gasteiger charge is -2.25. The number of carboxylic acid groups (broad SMARTS) is 1. The number of unbranched alkanes of at least 4 members (excludes halogenated alkanes) is 1. The predicted octanol–water partition coefficient (Wildman–Crippen LogP) is 3.32. The lowest BCUT2D eigenvalue weighted by Crippen LogP contribution is -2.31. The SMILES string of the molecule is COc1cc(OC)c(NC(=O)C(C)(C)CCCCC(=O)O)c(OC)c1. The molecule has 0 atom stereocenters. The average molecular weight is 353 g/mol. The van der Waals surface area contributed by atoms with Gasteiger partial charge in [-0.3, -0.25) is 9.59 Å². The van der Waals surface area contributed by atoms with Gasteiger partial charge in [0.1, 0.15) is 22.9 Å². The van der Waals surface area contributed by atoms with Crippen molar-refractivity contribution in [1.29, 1.82) is 0 Å². The van der Waals surface area contributed by atoms with E-state index < -0.39 is 11.4 Å². The summed E-state index contributed by atoms with van der Waals surface area (Å²) in [6, 6.07) is 3.33. The van der Waals surface area contributed by atoms with Gasteiger partial charge >= 0.3 is 5.97 Å². The van der Waals surface area contributed by atoms with Gasteiger partial charge in [0.25, 0.3) is 0 Å². The summed E-state index contributed by atoms with van der Waals surface area (Å²) >= 11 is 0. The number of carbonyl (C=O) groups excluding carboxylic acids is 1. The van der Waals surface area contributed by atoms with E-state index in [1.165, 1.54) is 21.3 Å². The summed E-state index contributed by atoms with van der Waals surface area (Å²) in [6.45, 7) is 3.65. The van der Waals surface area contributed by atoms with E-state index in [2.05, 4.69) is 5.32 Å². The maximum Gasteiger partial charge on any atom is 0.303 e. The monoisotopic (exact) mass is 353 g/mol. The van der Waals surface area contributed by atoms with E-state index in [0.717, 1.165) is 0 Å². The number of carbonyl (C=O) groups is 2. The Morgan fingerprint density at radius 1 is 1.04 bits per heavy atom. The molecular weight excluding hydrogens is 326 g/mol. The second-order valence-electron chi connectivity index (χ2n) is 6.35. The molecule has 0 spiro atoms. The Balaban J connectivity index is 2.89. The van der Waals surface area contributed by atoms with Crippen LogP contribution in [0.25, 0.3) is 0 Å². The molecule has 7 nitrogen and oxygen atoms in total. The molecular formula is C18H27NO6. The van der Waals surface area contributed by atoms with E-state index >= 15 is 0 Å². The summed E-state index contributed by atoms with van der Waals surface area (Å²) in [7, 11) is 4.54. The first-order chi connectivity index (χ1) is 11.7. The molecule has 0 fully saturated rings. The van der Waals surface area contributed by atoms with E-state index in [9.17, 15) is 9.59 Å². The average Bonchev–Trinajstić information content (AvgIpc) is 2.58. The second kappa shape index (κ2) is 9.15. The molecule has 140 valence electrons. The number of nitrogens with one attached hydrogen (secondary N) is 1. The van der Waals surface area contributed by atoms with Gasteiger partial charge in [0.05, 0.1) is 21.3 Å². The minimum Gasteiger partial charge on any atom is -0.496 e. The highest BCUT2D eigenvalue weighted by atomic mass is 16.5. The molecule has 0 saturated heterocycles. The largest absolute Gasteiger partial charge is 0.496 e. The zero-order chi connectivity index (χ0) is 19.0. The van der Waals surface area contributed by atoms with Gasteiger partial charge in [-0.1, -0.05) is 20.3 Å². The molecule has 1 amide bonds. The highest BCUT2D eigenvalue weighted by molar-refractivity contribution is 5.97. The Labute approximate surface area is 148 Å². The van der Waals surface area contributed by atoms with E-state index in [1.54, 1.807) is 12.1 Å². The van der Waals surface area contributed by atoms with Crippen molar-refractivity contribution in [2.45, 2.75) is 39.5 Å².